The summed E-state index contributed by atoms with van der Waals surface area (Å²) in [5.74, 6) is 5.10. The predicted molar refractivity (Wildman–Crippen MR) is 51.0 cm³/mol. The molecule has 0 rings (SSSR count). The quantitative estimate of drug-likeness (QED) is 0.615. The molecule has 0 N–H and O–H groups in total. The van der Waals surface area contributed by atoms with E-state index >= 15 is 0 Å². The van der Waals surface area contributed by atoms with Gasteiger partial charge in [-0.1, -0.05) is 31.3 Å². The Morgan fingerprint density at radius 2 is 1.82 bits per heavy atom. The topological polar surface area (TPSA) is 18.5 Å². The molecule has 0 bridgehead atoms. The first-order valence-corrected chi connectivity index (χ1v) is 8.78. The Labute approximate surface area is 79.7 Å². The maximum Gasteiger partial charge on any atom is 0.643 e. The van der Waals surface area contributed by atoms with Gasteiger partial charge in [0.2, 0.25) is 0 Å². The van der Waals surface area contributed by atoms with Gasteiger partial charge in [-0.15, -0.1) is 0 Å². The first-order chi connectivity index (χ1) is 5.06. The highest BCUT2D eigenvalue weighted by molar-refractivity contribution is 6.61. The molecule has 0 saturated carbocycles. The fourth-order valence-corrected chi connectivity index (χ4v) is 5.18. The van der Waals surface area contributed by atoms with Crippen LogP contribution in [0.3, 0.4) is 0 Å². The Hall–Kier alpha value is 0.985. The van der Waals surface area contributed by atoms with Gasteiger partial charge in [-0.25, -0.2) is 0 Å². The van der Waals surface area contributed by atoms with Crippen molar-refractivity contribution >= 4 is 29.3 Å². The smallest absolute Gasteiger partial charge is 0.614 e. The van der Waals surface area contributed by atoms with Crippen molar-refractivity contribution in [2.75, 3.05) is 7.11 Å². The summed E-state index contributed by atoms with van der Waals surface area (Å²) in [6.45, 7) is 4.43. The summed E-state index contributed by atoms with van der Waals surface area (Å²) in [5.41, 5.74) is 0. The minimum Gasteiger partial charge on any atom is -0.614 e. The van der Waals surface area contributed by atoms with E-state index in [0.717, 1.165) is 5.28 Å². The standard InChI is InChI=1S/C4H9.CH3O.2CH3.2Al.O/c1-4(2)3;1-2;;;;;/h4H,1H2,2-3H3;1H3;2*1H3;;;/q;-1;;;;+1;. The van der Waals surface area contributed by atoms with Gasteiger partial charge in [0.25, 0.3) is 0 Å². The Balaban J connectivity index is 3.58. The molecular weight excluding hydrogens is 170 g/mol. The molecule has 0 aliphatic heterocycles. The average molecular weight is 188 g/mol. The van der Waals surface area contributed by atoms with Crippen LogP contribution in [0.25, 0.3) is 0 Å². The van der Waals surface area contributed by atoms with Crippen LogP contribution in [0.4, 0.5) is 0 Å². The van der Waals surface area contributed by atoms with E-state index in [9.17, 15) is 0 Å². The molecule has 0 aliphatic rings. The number of rotatable bonds is 5. The van der Waals surface area contributed by atoms with Gasteiger partial charge < -0.3 is 6.63 Å². The lowest BCUT2D eigenvalue weighted by Gasteiger charge is -2.14. The van der Waals surface area contributed by atoms with Crippen LogP contribution in [0, 0.1) is 5.92 Å². The molecular formula is C7H18Al2O2. The van der Waals surface area contributed by atoms with Crippen LogP contribution in [0.5, 0.6) is 0 Å². The first kappa shape index (κ1) is 12.0. The van der Waals surface area contributed by atoms with Gasteiger partial charge in [-0.2, -0.15) is 0 Å². The highest BCUT2D eigenvalue weighted by atomic mass is 27.3. The van der Waals surface area contributed by atoms with Crippen molar-refractivity contribution in [1.82, 2.24) is 0 Å². The van der Waals surface area contributed by atoms with E-state index in [4.69, 9.17) is 6.63 Å². The summed E-state index contributed by atoms with van der Waals surface area (Å²) in [5, 5.41) is 1.14. The van der Waals surface area contributed by atoms with Crippen LogP contribution < -0.4 is 0 Å². The second-order valence-corrected chi connectivity index (χ2v) is 8.47. The zero-order chi connectivity index (χ0) is 8.85. The van der Waals surface area contributed by atoms with Gasteiger partial charge in [-0.3, -0.25) is 0 Å². The molecule has 0 fully saturated rings. The lowest BCUT2D eigenvalue weighted by atomic mass is 10.3. The Bertz CT molecular complexity index is 86.4. The molecule has 0 heterocycles. The number of hydrogen-bond acceptors (Lipinski definition) is 2. The van der Waals surface area contributed by atoms with Crippen molar-refractivity contribution in [2.24, 2.45) is 5.92 Å². The second-order valence-electron chi connectivity index (χ2n) is 3.48. The van der Waals surface area contributed by atoms with Gasteiger partial charge in [0.05, 0.1) is 0 Å². The lowest BCUT2D eigenvalue weighted by molar-refractivity contribution is 0.330. The monoisotopic (exact) mass is 188 g/mol. The zero-order valence-electron chi connectivity index (χ0n) is 8.26. The molecule has 0 aliphatic carbocycles. The van der Waals surface area contributed by atoms with Crippen LogP contribution in [0.15, 0.2) is 0 Å². The zero-order valence-corrected chi connectivity index (χ0v) is 10.6. The molecule has 2 nitrogen and oxygen atoms in total. The van der Waals surface area contributed by atoms with E-state index in [1.807, 2.05) is 0 Å². The van der Waals surface area contributed by atoms with Crippen LogP contribution in [0.2, 0.25) is 16.9 Å². The van der Waals surface area contributed by atoms with Gasteiger partial charge in [-0.05, 0) is 5.28 Å². The molecule has 4 heteroatoms. The molecule has 0 unspecified atom stereocenters. The van der Waals surface area contributed by atoms with Crippen LogP contribution in [-0.2, 0) is 6.63 Å². The van der Waals surface area contributed by atoms with Crippen molar-refractivity contribution in [3.8, 4) is 0 Å². The van der Waals surface area contributed by atoms with E-state index in [2.05, 4.69) is 25.4 Å². The van der Waals surface area contributed by atoms with Gasteiger partial charge in [0.1, 0.15) is 0 Å². The third-order valence-electron chi connectivity index (χ3n) is 1.35. The van der Waals surface area contributed by atoms with E-state index in [-0.39, 0.29) is 0 Å². The molecule has 0 saturated heterocycles. The largest absolute Gasteiger partial charge is 0.643 e. The normalized spacial score (nSPS) is 10.4. The third-order valence-corrected chi connectivity index (χ3v) is 6.60. The molecule has 0 amide bonds. The van der Waals surface area contributed by atoms with E-state index < -0.39 is 29.3 Å². The molecule has 0 radical (unpaired) electrons. The minimum absolute atomic E-state index is 0.708. The molecule has 0 aromatic heterocycles. The van der Waals surface area contributed by atoms with Crippen LogP contribution in [-0.4, -0.2) is 36.4 Å². The SMILES string of the molecule is C[O][Al]([CH2]C(C)C)[O][Al]([CH3])[CH3]. The van der Waals surface area contributed by atoms with E-state index in [0.29, 0.717) is 5.92 Å². The maximum atomic E-state index is 5.77. The molecule has 0 aromatic carbocycles. The molecule has 11 heavy (non-hydrogen) atoms. The second kappa shape index (κ2) is 6.50. The summed E-state index contributed by atoms with van der Waals surface area (Å²) < 4.78 is 11.1. The Kier molecular flexibility index (Phi) is 7.08. The summed E-state index contributed by atoms with van der Waals surface area (Å²) in [7, 11) is 1.77. The molecule has 64 valence electrons. The predicted octanol–water partition coefficient (Wildman–Crippen LogP) is 2.04. The summed E-state index contributed by atoms with van der Waals surface area (Å²) >= 11 is -2.14. The van der Waals surface area contributed by atoms with Crippen LogP contribution >= 0.6 is 0 Å². The highest BCUT2D eigenvalue weighted by Gasteiger charge is 2.26. The minimum atomic E-state index is -1.27. The molecule has 0 spiro atoms. The summed E-state index contributed by atoms with van der Waals surface area (Å²) in [4.78, 5) is 0. The van der Waals surface area contributed by atoms with Crippen molar-refractivity contribution in [3.63, 3.8) is 0 Å². The maximum absolute atomic E-state index is 5.77. The highest BCUT2D eigenvalue weighted by Crippen LogP contribution is 2.07. The molecule has 0 atom stereocenters. The molecule has 0 aromatic rings. The van der Waals surface area contributed by atoms with Gasteiger partial charge in [0.15, 0.2) is 0 Å². The van der Waals surface area contributed by atoms with Gasteiger partial charge >= 0.3 is 29.3 Å². The van der Waals surface area contributed by atoms with E-state index in [1.165, 1.54) is 0 Å². The first-order valence-electron chi connectivity index (χ1n) is 4.24. The fraction of sp³-hybridized carbons (Fsp3) is 1.00. The fourth-order valence-electron chi connectivity index (χ4n) is 0.896. The van der Waals surface area contributed by atoms with Crippen molar-refractivity contribution < 1.29 is 6.63 Å². The van der Waals surface area contributed by atoms with E-state index in [1.54, 1.807) is 7.11 Å². The van der Waals surface area contributed by atoms with Crippen molar-refractivity contribution in [1.29, 1.82) is 0 Å². The van der Waals surface area contributed by atoms with Crippen LogP contribution in [0.1, 0.15) is 13.8 Å². The summed E-state index contributed by atoms with van der Waals surface area (Å²) in [6, 6.07) is 0. The summed E-state index contributed by atoms with van der Waals surface area (Å²) in [6.07, 6.45) is 0. The number of hydrogen-bond donors (Lipinski definition) is 0. The van der Waals surface area contributed by atoms with Gasteiger partial charge in [0, 0.05) is 7.11 Å². The Morgan fingerprint density at radius 3 is 2.09 bits per heavy atom. The van der Waals surface area contributed by atoms with Crippen molar-refractivity contribution in [3.05, 3.63) is 0 Å². The lowest BCUT2D eigenvalue weighted by Crippen LogP contribution is -2.28. The van der Waals surface area contributed by atoms with Crippen molar-refractivity contribution in [2.45, 2.75) is 30.7 Å². The average Bonchev–Trinajstić information content (AvgIpc) is 1.84. The third kappa shape index (κ3) is 7.35. The Morgan fingerprint density at radius 1 is 1.27 bits per heavy atom.